The van der Waals surface area contributed by atoms with Crippen LogP contribution in [0, 0.1) is 6.92 Å². The van der Waals surface area contributed by atoms with Gasteiger partial charge in [-0.15, -0.1) is 11.3 Å². The van der Waals surface area contributed by atoms with Crippen molar-refractivity contribution in [3.05, 3.63) is 45.9 Å². The molecule has 0 aliphatic carbocycles. The van der Waals surface area contributed by atoms with Crippen LogP contribution in [0.4, 0.5) is 0 Å². The predicted molar refractivity (Wildman–Crippen MR) is 84.3 cm³/mol. The van der Waals surface area contributed by atoms with Gasteiger partial charge in [0.25, 0.3) is 0 Å². The van der Waals surface area contributed by atoms with Crippen molar-refractivity contribution < 1.29 is 4.74 Å². The molecular formula is C16H22N2OS. The molecule has 0 saturated heterocycles. The van der Waals surface area contributed by atoms with E-state index in [1.165, 1.54) is 11.1 Å². The summed E-state index contributed by atoms with van der Waals surface area (Å²) in [5.41, 5.74) is 2.47. The fraction of sp³-hybridized carbons (Fsp3) is 0.438. The molecule has 0 bridgehead atoms. The Hall–Kier alpha value is -1.39. The normalized spacial score (nSPS) is 12.3. The molecule has 108 valence electrons. The van der Waals surface area contributed by atoms with E-state index >= 15 is 0 Å². The summed E-state index contributed by atoms with van der Waals surface area (Å²) < 4.78 is 5.82. The average molecular weight is 290 g/mol. The first kappa shape index (κ1) is 15.0. The van der Waals surface area contributed by atoms with Crippen LogP contribution in [0.25, 0.3) is 0 Å². The third-order valence-corrected chi connectivity index (χ3v) is 3.99. The first-order valence-electron chi connectivity index (χ1n) is 7.05. The van der Waals surface area contributed by atoms with E-state index < -0.39 is 0 Å². The third-order valence-electron chi connectivity index (χ3n) is 3.23. The fourth-order valence-corrected chi connectivity index (χ4v) is 2.57. The Balaban J connectivity index is 1.98. The molecule has 1 heterocycles. The second kappa shape index (κ2) is 7.41. The molecule has 0 radical (unpaired) electrons. The van der Waals surface area contributed by atoms with Gasteiger partial charge in [0.05, 0.1) is 0 Å². The highest BCUT2D eigenvalue weighted by Crippen LogP contribution is 2.23. The highest BCUT2D eigenvalue weighted by Gasteiger charge is 2.07. The highest BCUT2D eigenvalue weighted by atomic mass is 32.1. The van der Waals surface area contributed by atoms with E-state index in [4.69, 9.17) is 4.74 Å². The zero-order valence-corrected chi connectivity index (χ0v) is 13.2. The van der Waals surface area contributed by atoms with Crippen LogP contribution in [-0.4, -0.2) is 11.5 Å². The molecule has 1 N–H and O–H groups in total. The van der Waals surface area contributed by atoms with Gasteiger partial charge < -0.3 is 10.1 Å². The van der Waals surface area contributed by atoms with Gasteiger partial charge in [-0.2, -0.15) is 0 Å². The van der Waals surface area contributed by atoms with Gasteiger partial charge in [-0.25, -0.2) is 4.98 Å². The molecule has 0 aliphatic rings. The van der Waals surface area contributed by atoms with Crippen LogP contribution in [0.5, 0.6) is 5.75 Å². The summed E-state index contributed by atoms with van der Waals surface area (Å²) >= 11 is 1.62. The minimum atomic E-state index is 0.377. The monoisotopic (exact) mass is 290 g/mol. The fourth-order valence-electron chi connectivity index (χ4n) is 2.05. The number of aryl methyl sites for hydroxylation is 1. The second-order valence-electron chi connectivity index (χ2n) is 4.92. The van der Waals surface area contributed by atoms with E-state index in [-0.39, 0.29) is 0 Å². The number of nitrogens with zero attached hydrogens (tertiary/aromatic N) is 1. The SMILES string of the molecule is CCCNC(C)c1ccc(OCc2nccs2)c(C)c1. The first-order chi connectivity index (χ1) is 9.70. The van der Waals surface area contributed by atoms with Gasteiger partial charge in [-0.1, -0.05) is 19.1 Å². The minimum absolute atomic E-state index is 0.377. The Kier molecular flexibility index (Phi) is 5.56. The van der Waals surface area contributed by atoms with Crippen LogP contribution >= 0.6 is 11.3 Å². The van der Waals surface area contributed by atoms with Crippen LogP contribution in [0.2, 0.25) is 0 Å². The first-order valence-corrected chi connectivity index (χ1v) is 7.93. The van der Waals surface area contributed by atoms with Crippen LogP contribution < -0.4 is 10.1 Å². The molecule has 2 rings (SSSR count). The molecule has 0 fully saturated rings. The van der Waals surface area contributed by atoms with Crippen LogP contribution in [-0.2, 0) is 6.61 Å². The number of benzene rings is 1. The van der Waals surface area contributed by atoms with Crippen molar-refractivity contribution >= 4 is 11.3 Å². The Morgan fingerprint density at radius 3 is 2.90 bits per heavy atom. The van der Waals surface area contributed by atoms with Crippen molar-refractivity contribution in [1.29, 1.82) is 0 Å². The maximum atomic E-state index is 5.82. The van der Waals surface area contributed by atoms with E-state index in [1.807, 2.05) is 5.38 Å². The Morgan fingerprint density at radius 2 is 2.25 bits per heavy atom. The number of hydrogen-bond donors (Lipinski definition) is 1. The Labute approximate surface area is 125 Å². The summed E-state index contributed by atoms with van der Waals surface area (Å²) in [5, 5.41) is 6.47. The lowest BCUT2D eigenvalue weighted by Gasteiger charge is -2.16. The van der Waals surface area contributed by atoms with Crippen molar-refractivity contribution in [2.75, 3.05) is 6.54 Å². The molecule has 0 amide bonds. The topological polar surface area (TPSA) is 34.1 Å². The second-order valence-corrected chi connectivity index (χ2v) is 5.89. The number of ether oxygens (including phenoxy) is 1. The van der Waals surface area contributed by atoms with Gasteiger partial charge in [0.2, 0.25) is 0 Å². The van der Waals surface area contributed by atoms with Crippen molar-refractivity contribution in [1.82, 2.24) is 10.3 Å². The quantitative estimate of drug-likeness (QED) is 0.834. The lowest BCUT2D eigenvalue weighted by Crippen LogP contribution is -2.19. The number of hydrogen-bond acceptors (Lipinski definition) is 4. The minimum Gasteiger partial charge on any atom is -0.486 e. The summed E-state index contributed by atoms with van der Waals surface area (Å²) in [5.74, 6) is 0.937. The van der Waals surface area contributed by atoms with Gasteiger partial charge in [-0.05, 0) is 44.0 Å². The number of nitrogens with one attached hydrogen (secondary N) is 1. The Morgan fingerprint density at radius 1 is 1.40 bits per heavy atom. The van der Waals surface area contributed by atoms with Gasteiger partial charge >= 0.3 is 0 Å². The van der Waals surface area contributed by atoms with E-state index in [0.717, 1.165) is 23.7 Å². The maximum Gasteiger partial charge on any atom is 0.140 e. The third kappa shape index (κ3) is 4.05. The molecule has 0 saturated carbocycles. The Bertz CT molecular complexity index is 525. The van der Waals surface area contributed by atoms with E-state index in [0.29, 0.717) is 12.6 Å². The summed E-state index contributed by atoms with van der Waals surface area (Å²) in [6.07, 6.45) is 2.96. The average Bonchev–Trinajstić information content (AvgIpc) is 2.96. The van der Waals surface area contributed by atoms with Crippen molar-refractivity contribution in [2.45, 2.75) is 39.8 Å². The molecule has 20 heavy (non-hydrogen) atoms. The summed E-state index contributed by atoms with van der Waals surface area (Å²) in [6.45, 7) is 8.05. The molecule has 2 aromatic rings. The van der Waals surface area contributed by atoms with Crippen LogP contribution in [0.3, 0.4) is 0 Å². The van der Waals surface area contributed by atoms with Crippen molar-refractivity contribution in [2.24, 2.45) is 0 Å². The molecule has 1 atom stereocenters. The van der Waals surface area contributed by atoms with Gasteiger partial charge in [0.15, 0.2) is 0 Å². The molecule has 0 spiro atoms. The van der Waals surface area contributed by atoms with Gasteiger partial charge in [0, 0.05) is 17.6 Å². The highest BCUT2D eigenvalue weighted by molar-refractivity contribution is 7.09. The molecule has 4 heteroatoms. The van der Waals surface area contributed by atoms with Crippen LogP contribution in [0.1, 0.15) is 42.4 Å². The zero-order valence-electron chi connectivity index (χ0n) is 12.3. The van der Waals surface area contributed by atoms with E-state index in [1.54, 1.807) is 17.5 Å². The smallest absolute Gasteiger partial charge is 0.140 e. The lowest BCUT2D eigenvalue weighted by molar-refractivity contribution is 0.303. The molecule has 1 aromatic heterocycles. The van der Waals surface area contributed by atoms with Crippen LogP contribution in [0.15, 0.2) is 29.8 Å². The number of aromatic nitrogens is 1. The molecular weight excluding hydrogens is 268 g/mol. The van der Waals surface area contributed by atoms with E-state index in [2.05, 4.69) is 49.3 Å². The van der Waals surface area contributed by atoms with Crippen molar-refractivity contribution in [3.8, 4) is 5.75 Å². The van der Waals surface area contributed by atoms with Gasteiger partial charge in [0.1, 0.15) is 17.4 Å². The molecule has 1 aromatic carbocycles. The van der Waals surface area contributed by atoms with Crippen molar-refractivity contribution in [3.63, 3.8) is 0 Å². The summed E-state index contributed by atoms with van der Waals surface area (Å²) in [4.78, 5) is 4.22. The molecule has 3 nitrogen and oxygen atoms in total. The summed E-state index contributed by atoms with van der Waals surface area (Å²) in [7, 11) is 0. The zero-order chi connectivity index (χ0) is 14.4. The molecule has 1 unspecified atom stereocenters. The number of rotatable bonds is 7. The molecule has 0 aliphatic heterocycles. The van der Waals surface area contributed by atoms with E-state index in [9.17, 15) is 0 Å². The lowest BCUT2D eigenvalue weighted by atomic mass is 10.0. The summed E-state index contributed by atoms with van der Waals surface area (Å²) in [6, 6.07) is 6.77. The predicted octanol–water partition coefficient (Wildman–Crippen LogP) is 4.09. The maximum absolute atomic E-state index is 5.82. The van der Waals surface area contributed by atoms with Gasteiger partial charge in [-0.3, -0.25) is 0 Å². The largest absolute Gasteiger partial charge is 0.486 e. The number of thiazole rings is 1. The standard InChI is InChI=1S/C16H22N2OS/c1-4-7-17-13(3)14-5-6-15(12(2)10-14)19-11-16-18-8-9-20-16/h5-6,8-10,13,17H,4,7,11H2,1-3H3.